The van der Waals surface area contributed by atoms with Gasteiger partial charge in [0, 0.05) is 32.2 Å². The first-order valence-corrected chi connectivity index (χ1v) is 9.75. The van der Waals surface area contributed by atoms with E-state index in [-0.39, 0.29) is 10.9 Å². The minimum atomic E-state index is -3.05. The van der Waals surface area contributed by atoms with Gasteiger partial charge in [0.25, 0.3) is 5.92 Å². The zero-order valence-corrected chi connectivity index (χ0v) is 17.0. The van der Waals surface area contributed by atoms with Crippen LogP contribution in [-0.2, 0) is 10.7 Å². The highest BCUT2D eigenvalue weighted by molar-refractivity contribution is 7.16. The Kier molecular flexibility index (Phi) is 5.60. The van der Waals surface area contributed by atoms with Crippen LogP contribution in [0.15, 0.2) is 36.4 Å². The monoisotopic (exact) mass is 404 g/mol. The average molecular weight is 404 g/mol. The molecule has 5 nitrogen and oxygen atoms in total. The lowest BCUT2D eigenvalue weighted by atomic mass is 10.1. The van der Waals surface area contributed by atoms with Crippen molar-refractivity contribution in [3.05, 3.63) is 47.1 Å². The van der Waals surface area contributed by atoms with Gasteiger partial charge in [0.1, 0.15) is 0 Å². The molecule has 28 heavy (non-hydrogen) atoms. The van der Waals surface area contributed by atoms with Crippen LogP contribution in [0.2, 0.25) is 0 Å². The first kappa shape index (κ1) is 20.1. The van der Waals surface area contributed by atoms with Crippen LogP contribution in [0.1, 0.15) is 31.5 Å². The number of benzene rings is 1. The molecule has 2 aromatic heterocycles. The lowest BCUT2D eigenvalue weighted by Gasteiger charge is -2.17. The van der Waals surface area contributed by atoms with Crippen molar-refractivity contribution in [2.45, 2.75) is 26.7 Å². The highest BCUT2D eigenvalue weighted by atomic mass is 32.1. The summed E-state index contributed by atoms with van der Waals surface area (Å²) in [4.78, 5) is 18.9. The summed E-state index contributed by atoms with van der Waals surface area (Å²) in [6, 6.07) is 9.39. The van der Waals surface area contributed by atoms with Gasteiger partial charge in [-0.15, -0.1) is 0 Å². The van der Waals surface area contributed by atoms with Gasteiger partial charge >= 0.3 is 0 Å². The molecule has 1 aromatic carbocycles. The molecule has 0 aliphatic rings. The molecule has 148 valence electrons. The highest BCUT2D eigenvalue weighted by Gasteiger charge is 2.31. The maximum absolute atomic E-state index is 13.7. The number of amides is 1. The minimum Gasteiger partial charge on any atom is -0.342 e. The highest BCUT2D eigenvalue weighted by Crippen LogP contribution is 2.34. The van der Waals surface area contributed by atoms with Gasteiger partial charge in [0.15, 0.2) is 5.01 Å². The molecule has 1 amide bonds. The maximum Gasteiger partial charge on any atom is 0.298 e. The summed E-state index contributed by atoms with van der Waals surface area (Å²) in [7, 11) is 1.73. The molecule has 0 spiro atoms. The Morgan fingerprint density at radius 2 is 2.00 bits per heavy atom. The van der Waals surface area contributed by atoms with E-state index >= 15 is 0 Å². The van der Waals surface area contributed by atoms with Gasteiger partial charge in [-0.3, -0.25) is 4.79 Å². The number of imidazole rings is 1. The second-order valence-electron chi connectivity index (χ2n) is 7.15. The molecule has 0 atom stereocenters. The second-order valence-corrected chi connectivity index (χ2v) is 8.10. The van der Waals surface area contributed by atoms with Crippen LogP contribution in [0.3, 0.4) is 0 Å². The van der Waals surface area contributed by atoms with Crippen LogP contribution in [0.4, 0.5) is 8.78 Å². The molecule has 3 aromatic rings. The van der Waals surface area contributed by atoms with E-state index in [0.29, 0.717) is 28.8 Å². The van der Waals surface area contributed by atoms with Crippen molar-refractivity contribution < 1.29 is 13.6 Å². The fourth-order valence-corrected chi connectivity index (χ4v) is 3.65. The Morgan fingerprint density at radius 3 is 2.61 bits per heavy atom. The van der Waals surface area contributed by atoms with Crippen LogP contribution >= 0.6 is 11.3 Å². The first-order valence-electron chi connectivity index (χ1n) is 8.93. The zero-order valence-electron chi connectivity index (χ0n) is 16.2. The maximum atomic E-state index is 13.7. The normalized spacial score (nSPS) is 12.4. The largest absolute Gasteiger partial charge is 0.342 e. The summed E-state index contributed by atoms with van der Waals surface area (Å²) < 4.78 is 28.8. The number of rotatable bonds is 6. The molecule has 0 N–H and O–H groups in total. The molecule has 8 heteroatoms. The molecular weight excluding hydrogens is 382 g/mol. The summed E-state index contributed by atoms with van der Waals surface area (Å²) in [6.45, 7) is 5.50. The zero-order chi connectivity index (χ0) is 20.5. The molecule has 3 rings (SSSR count). The molecule has 0 saturated carbocycles. The number of aromatic nitrogens is 3. The Balaban J connectivity index is 2.05. The molecule has 0 bridgehead atoms. The van der Waals surface area contributed by atoms with Gasteiger partial charge in [-0.05, 0) is 12.0 Å². The second kappa shape index (κ2) is 7.79. The molecule has 2 heterocycles. The lowest BCUT2D eigenvalue weighted by molar-refractivity contribution is -0.125. The molecular formula is C20H22F2N4OS. The van der Waals surface area contributed by atoms with Crippen LogP contribution < -0.4 is 0 Å². The van der Waals surface area contributed by atoms with Gasteiger partial charge in [-0.2, -0.15) is 13.9 Å². The third kappa shape index (κ3) is 4.27. The van der Waals surface area contributed by atoms with E-state index in [0.717, 1.165) is 23.8 Å². The van der Waals surface area contributed by atoms with Crippen molar-refractivity contribution in [3.8, 4) is 11.3 Å². The number of halogens is 2. The van der Waals surface area contributed by atoms with Crippen molar-refractivity contribution in [2.75, 3.05) is 13.6 Å². The van der Waals surface area contributed by atoms with E-state index in [1.807, 2.05) is 44.2 Å². The van der Waals surface area contributed by atoms with Crippen molar-refractivity contribution >= 4 is 28.3 Å². The molecule has 0 fully saturated rings. The van der Waals surface area contributed by atoms with Crippen molar-refractivity contribution in [1.82, 2.24) is 19.5 Å². The summed E-state index contributed by atoms with van der Waals surface area (Å²) in [5, 5.41) is 3.74. The van der Waals surface area contributed by atoms with E-state index in [9.17, 15) is 13.6 Å². The predicted octanol–water partition coefficient (Wildman–Crippen LogP) is 4.70. The van der Waals surface area contributed by atoms with Gasteiger partial charge in [-0.1, -0.05) is 55.5 Å². The van der Waals surface area contributed by atoms with E-state index < -0.39 is 5.92 Å². The van der Waals surface area contributed by atoms with Crippen LogP contribution in [-0.4, -0.2) is 39.0 Å². The Labute approximate surface area is 166 Å². The van der Waals surface area contributed by atoms with Crippen molar-refractivity contribution in [1.29, 1.82) is 0 Å². The summed E-state index contributed by atoms with van der Waals surface area (Å²) >= 11 is 0.844. The molecule has 0 radical (unpaired) electrons. The van der Waals surface area contributed by atoms with Crippen LogP contribution in [0, 0.1) is 5.92 Å². The summed E-state index contributed by atoms with van der Waals surface area (Å²) in [5.41, 5.74) is 1.92. The topological polar surface area (TPSA) is 50.5 Å². The minimum absolute atomic E-state index is 0.168. The van der Waals surface area contributed by atoms with E-state index in [1.54, 1.807) is 18.0 Å². The van der Waals surface area contributed by atoms with E-state index in [1.165, 1.54) is 10.6 Å². The van der Waals surface area contributed by atoms with E-state index in [2.05, 4.69) is 10.1 Å². The number of fused-ring (bicyclic) bond motifs is 1. The first-order chi connectivity index (χ1) is 13.2. The molecule has 0 aliphatic heterocycles. The third-order valence-electron chi connectivity index (χ3n) is 4.06. The standard InChI is InChI=1S/C20H22F2N4OS/c1-13(2)12-25(4)16(27)11-10-15-17(14-8-6-5-7-9-14)23-19-26(15)24-18(28-19)20(3,21)22/h5-11,13H,12H2,1-4H3/b11-10+. The fraction of sp³-hybridized carbons (Fsp3) is 0.350. The SMILES string of the molecule is CC(C)CN(C)C(=O)/C=C/c1c(-c2ccccc2)nc2sc(C(C)(F)F)nn12. The quantitative estimate of drug-likeness (QED) is 0.560. The number of carbonyl (C=O) groups is 1. The number of hydrogen-bond acceptors (Lipinski definition) is 4. The summed E-state index contributed by atoms with van der Waals surface area (Å²) in [6.07, 6.45) is 3.03. The predicted molar refractivity (Wildman–Crippen MR) is 107 cm³/mol. The smallest absolute Gasteiger partial charge is 0.298 e. The Morgan fingerprint density at radius 1 is 1.32 bits per heavy atom. The van der Waals surface area contributed by atoms with Gasteiger partial charge in [0.05, 0.1) is 11.4 Å². The number of hydrogen-bond donors (Lipinski definition) is 0. The van der Waals surface area contributed by atoms with E-state index in [4.69, 9.17) is 0 Å². The average Bonchev–Trinajstić information content (AvgIpc) is 3.18. The van der Waals surface area contributed by atoms with Gasteiger partial charge in [0.2, 0.25) is 10.9 Å². The Hall–Kier alpha value is -2.61. The molecule has 0 unspecified atom stereocenters. The summed E-state index contributed by atoms with van der Waals surface area (Å²) in [5.74, 6) is -2.87. The lowest BCUT2D eigenvalue weighted by Crippen LogP contribution is -2.28. The van der Waals surface area contributed by atoms with Crippen molar-refractivity contribution in [3.63, 3.8) is 0 Å². The molecule has 0 aliphatic carbocycles. The number of nitrogens with zero attached hydrogens (tertiary/aromatic N) is 4. The van der Waals surface area contributed by atoms with Crippen LogP contribution in [0.5, 0.6) is 0 Å². The van der Waals surface area contributed by atoms with Gasteiger partial charge in [-0.25, -0.2) is 9.50 Å². The van der Waals surface area contributed by atoms with Crippen LogP contribution in [0.25, 0.3) is 22.3 Å². The fourth-order valence-electron chi connectivity index (χ4n) is 2.81. The third-order valence-corrected chi connectivity index (χ3v) is 5.14. The number of alkyl halides is 2. The van der Waals surface area contributed by atoms with Gasteiger partial charge < -0.3 is 4.90 Å². The number of likely N-dealkylation sites (N-methyl/N-ethyl adjacent to an activating group) is 1. The number of carbonyl (C=O) groups excluding carboxylic acids is 1. The van der Waals surface area contributed by atoms with Crippen molar-refractivity contribution in [2.24, 2.45) is 5.92 Å². The molecule has 0 saturated heterocycles. The Bertz CT molecular complexity index is 1000.